The highest BCUT2D eigenvalue weighted by Crippen LogP contribution is 2.42. The van der Waals surface area contributed by atoms with Gasteiger partial charge >= 0.3 is 12.1 Å². The van der Waals surface area contributed by atoms with E-state index in [1.165, 1.54) is 6.92 Å². The molecule has 0 saturated heterocycles. The molecule has 2 rings (SSSR count). The molecule has 1 fully saturated rings. The molecular formula is C19H25NO5S. The fourth-order valence-corrected chi connectivity index (χ4v) is 3.42. The number of amides is 1. The van der Waals surface area contributed by atoms with Gasteiger partial charge in [-0.3, -0.25) is 9.59 Å². The highest BCUT2D eigenvalue weighted by molar-refractivity contribution is 8.13. The fourth-order valence-electron chi connectivity index (χ4n) is 2.58. The van der Waals surface area contributed by atoms with Crippen LogP contribution in [0, 0.1) is 11.8 Å². The van der Waals surface area contributed by atoms with Crippen molar-refractivity contribution in [2.45, 2.75) is 45.9 Å². The zero-order valence-corrected chi connectivity index (χ0v) is 16.3. The maximum Gasteiger partial charge on any atom is 0.407 e. The summed E-state index contributed by atoms with van der Waals surface area (Å²) >= 11 is 1.14. The number of ether oxygens (including phenoxy) is 2. The first-order valence-electron chi connectivity index (χ1n) is 8.51. The average Bonchev–Trinajstić information content (AvgIpc) is 3.22. The van der Waals surface area contributed by atoms with E-state index in [4.69, 9.17) is 9.47 Å². The highest BCUT2D eigenvalue weighted by atomic mass is 32.2. The Hall–Kier alpha value is -2.02. The number of esters is 1. The van der Waals surface area contributed by atoms with Crippen LogP contribution in [0.1, 0.15) is 33.3 Å². The zero-order chi connectivity index (χ0) is 19.3. The molecule has 26 heavy (non-hydrogen) atoms. The number of nitrogens with one attached hydrogen (secondary N) is 1. The molecule has 0 radical (unpaired) electrons. The first-order chi connectivity index (χ1) is 12.2. The molecule has 1 aliphatic rings. The van der Waals surface area contributed by atoms with Crippen LogP contribution in [-0.2, 0) is 25.7 Å². The van der Waals surface area contributed by atoms with Crippen molar-refractivity contribution in [2.75, 3.05) is 5.75 Å². The SMILES string of the molecule is CC(=O)SC[C@H]1[C@@H](NC(=O)OC(C)(C)C)[C@@H]1C(=O)OCc1ccccc1. The minimum absolute atomic E-state index is 0.0238. The Morgan fingerprint density at radius 2 is 1.81 bits per heavy atom. The lowest BCUT2D eigenvalue weighted by Crippen LogP contribution is -2.35. The Balaban J connectivity index is 1.92. The van der Waals surface area contributed by atoms with E-state index in [-0.39, 0.29) is 29.7 Å². The largest absolute Gasteiger partial charge is 0.461 e. The summed E-state index contributed by atoms with van der Waals surface area (Å²) < 4.78 is 10.6. The van der Waals surface area contributed by atoms with Crippen molar-refractivity contribution in [1.82, 2.24) is 5.32 Å². The van der Waals surface area contributed by atoms with Crippen molar-refractivity contribution in [3.8, 4) is 0 Å². The van der Waals surface area contributed by atoms with Crippen LogP contribution >= 0.6 is 11.8 Å². The maximum absolute atomic E-state index is 12.4. The van der Waals surface area contributed by atoms with Crippen molar-refractivity contribution >= 4 is 28.9 Å². The Morgan fingerprint density at radius 1 is 1.15 bits per heavy atom. The van der Waals surface area contributed by atoms with Crippen molar-refractivity contribution < 1.29 is 23.9 Å². The summed E-state index contributed by atoms with van der Waals surface area (Å²) in [4.78, 5) is 35.6. The van der Waals surface area contributed by atoms with Gasteiger partial charge in [-0.1, -0.05) is 42.1 Å². The summed E-state index contributed by atoms with van der Waals surface area (Å²) in [7, 11) is 0. The third-order valence-corrected chi connectivity index (χ3v) is 4.79. The van der Waals surface area contributed by atoms with Crippen LogP contribution in [0.4, 0.5) is 4.79 Å². The Labute approximate surface area is 158 Å². The molecule has 0 heterocycles. The smallest absolute Gasteiger partial charge is 0.407 e. The minimum atomic E-state index is -0.619. The van der Waals surface area contributed by atoms with E-state index in [0.29, 0.717) is 5.75 Å². The number of alkyl carbamates (subject to hydrolysis) is 1. The summed E-state index contributed by atoms with van der Waals surface area (Å²) in [6.45, 7) is 6.98. The van der Waals surface area contributed by atoms with Crippen LogP contribution in [0.2, 0.25) is 0 Å². The minimum Gasteiger partial charge on any atom is -0.461 e. The lowest BCUT2D eigenvalue weighted by molar-refractivity contribution is -0.147. The Morgan fingerprint density at radius 3 is 2.38 bits per heavy atom. The van der Waals surface area contributed by atoms with Gasteiger partial charge in [0.15, 0.2) is 5.12 Å². The van der Waals surface area contributed by atoms with Crippen molar-refractivity contribution in [3.63, 3.8) is 0 Å². The normalized spacial score (nSPS) is 21.6. The van der Waals surface area contributed by atoms with E-state index < -0.39 is 17.6 Å². The van der Waals surface area contributed by atoms with Crippen LogP contribution < -0.4 is 5.32 Å². The molecule has 142 valence electrons. The van der Waals surface area contributed by atoms with Gasteiger partial charge in [0, 0.05) is 18.6 Å². The molecule has 1 N–H and O–H groups in total. The quantitative estimate of drug-likeness (QED) is 0.765. The number of thioether (sulfide) groups is 1. The molecular weight excluding hydrogens is 354 g/mol. The van der Waals surface area contributed by atoms with E-state index in [1.54, 1.807) is 20.8 Å². The average molecular weight is 379 g/mol. The molecule has 1 aliphatic carbocycles. The molecule has 1 aromatic carbocycles. The van der Waals surface area contributed by atoms with Crippen LogP contribution in [0.15, 0.2) is 30.3 Å². The number of hydrogen-bond acceptors (Lipinski definition) is 6. The number of carbonyl (C=O) groups is 3. The standard InChI is InChI=1S/C19H25NO5S/c1-12(21)26-11-14-15(16(14)20-18(23)25-19(2,3)4)17(22)24-10-13-8-6-5-7-9-13/h5-9,14-16H,10-11H2,1-4H3,(H,20,23)/t14-,15-,16-/m1/s1. The molecule has 0 aromatic heterocycles. The molecule has 0 bridgehead atoms. The van der Waals surface area contributed by atoms with E-state index in [9.17, 15) is 14.4 Å². The third kappa shape index (κ3) is 6.37. The second-order valence-electron chi connectivity index (χ2n) is 7.26. The predicted molar refractivity (Wildman–Crippen MR) is 99.5 cm³/mol. The van der Waals surface area contributed by atoms with Gasteiger partial charge in [0.2, 0.25) is 0 Å². The van der Waals surface area contributed by atoms with Gasteiger partial charge in [0.05, 0.1) is 12.0 Å². The van der Waals surface area contributed by atoms with Gasteiger partial charge in [-0.05, 0) is 26.3 Å². The topological polar surface area (TPSA) is 81.7 Å². The summed E-state index contributed by atoms with van der Waals surface area (Å²) in [5.74, 6) is -0.511. The van der Waals surface area contributed by atoms with Gasteiger partial charge < -0.3 is 14.8 Å². The molecule has 0 aliphatic heterocycles. The van der Waals surface area contributed by atoms with E-state index in [2.05, 4.69) is 5.32 Å². The summed E-state index contributed by atoms with van der Waals surface area (Å²) in [6.07, 6.45) is -0.571. The summed E-state index contributed by atoms with van der Waals surface area (Å²) in [5, 5.41) is 2.70. The van der Waals surface area contributed by atoms with Gasteiger partial charge in [-0.15, -0.1) is 0 Å². The van der Waals surface area contributed by atoms with Gasteiger partial charge in [-0.25, -0.2) is 4.79 Å². The van der Waals surface area contributed by atoms with Crippen molar-refractivity contribution in [1.29, 1.82) is 0 Å². The zero-order valence-electron chi connectivity index (χ0n) is 15.5. The van der Waals surface area contributed by atoms with Gasteiger partial charge in [-0.2, -0.15) is 0 Å². The lowest BCUT2D eigenvalue weighted by Gasteiger charge is -2.19. The van der Waals surface area contributed by atoms with Gasteiger partial charge in [0.25, 0.3) is 0 Å². The molecule has 0 spiro atoms. The Kier molecular flexibility index (Phi) is 6.69. The van der Waals surface area contributed by atoms with Gasteiger partial charge in [0.1, 0.15) is 12.2 Å². The van der Waals surface area contributed by atoms with Crippen molar-refractivity contribution in [3.05, 3.63) is 35.9 Å². The van der Waals surface area contributed by atoms with E-state index >= 15 is 0 Å². The summed E-state index contributed by atoms with van der Waals surface area (Å²) in [5.41, 5.74) is 0.277. The molecule has 3 atom stereocenters. The second-order valence-corrected chi connectivity index (χ2v) is 8.45. The number of benzene rings is 1. The fraction of sp³-hybridized carbons (Fsp3) is 0.526. The van der Waals surface area contributed by atoms with Crippen LogP contribution in [0.25, 0.3) is 0 Å². The molecule has 7 heteroatoms. The third-order valence-electron chi connectivity index (χ3n) is 3.83. The van der Waals surface area contributed by atoms with Crippen LogP contribution in [0.5, 0.6) is 0 Å². The summed E-state index contributed by atoms with van der Waals surface area (Å²) in [6, 6.07) is 9.01. The molecule has 1 saturated carbocycles. The second kappa shape index (κ2) is 8.58. The van der Waals surface area contributed by atoms with Crippen LogP contribution in [-0.4, -0.2) is 34.6 Å². The van der Waals surface area contributed by atoms with Crippen molar-refractivity contribution in [2.24, 2.45) is 11.8 Å². The number of hydrogen-bond donors (Lipinski definition) is 1. The Bertz CT molecular complexity index is 656. The van der Waals surface area contributed by atoms with Crippen LogP contribution in [0.3, 0.4) is 0 Å². The molecule has 6 nitrogen and oxygen atoms in total. The number of carbonyl (C=O) groups excluding carboxylic acids is 3. The highest BCUT2D eigenvalue weighted by Gasteiger charge is 2.57. The first kappa shape index (κ1) is 20.3. The number of rotatable bonds is 6. The predicted octanol–water partition coefficient (Wildman–Crippen LogP) is 3.15. The maximum atomic E-state index is 12.4. The van der Waals surface area contributed by atoms with E-state index in [0.717, 1.165) is 17.3 Å². The van der Waals surface area contributed by atoms with E-state index in [1.807, 2.05) is 30.3 Å². The lowest BCUT2D eigenvalue weighted by atomic mass is 10.2. The molecule has 1 amide bonds. The monoisotopic (exact) mass is 379 g/mol. The molecule has 1 aromatic rings. The first-order valence-corrected chi connectivity index (χ1v) is 9.49. The molecule has 0 unspecified atom stereocenters.